The Kier molecular flexibility index (Phi) is 4.78. The van der Waals surface area contributed by atoms with Crippen LogP contribution >= 0.6 is 11.3 Å². The molecule has 2 aliphatic rings. The number of benzene rings is 1. The molecule has 0 radical (unpaired) electrons. The van der Waals surface area contributed by atoms with Gasteiger partial charge in [0.15, 0.2) is 11.5 Å². The molecule has 0 unspecified atom stereocenters. The van der Waals surface area contributed by atoms with Gasteiger partial charge in [-0.15, -0.1) is 11.3 Å². The second-order valence-electron chi connectivity index (χ2n) is 8.65. The van der Waals surface area contributed by atoms with Crippen molar-refractivity contribution in [2.75, 3.05) is 19.5 Å². The number of anilines is 1. The van der Waals surface area contributed by atoms with E-state index in [1.54, 1.807) is 25.6 Å². The van der Waals surface area contributed by atoms with Gasteiger partial charge in [0.2, 0.25) is 0 Å². The summed E-state index contributed by atoms with van der Waals surface area (Å²) < 4.78 is 11.0. The molecule has 5 nitrogen and oxygen atoms in total. The van der Waals surface area contributed by atoms with Gasteiger partial charge in [0.05, 0.1) is 19.8 Å². The maximum absolute atomic E-state index is 13.0. The van der Waals surface area contributed by atoms with Gasteiger partial charge in [-0.2, -0.15) is 0 Å². The lowest BCUT2D eigenvalue weighted by Crippen LogP contribution is -2.38. The van der Waals surface area contributed by atoms with E-state index in [-0.39, 0.29) is 17.5 Å². The van der Waals surface area contributed by atoms with Crippen molar-refractivity contribution in [3.63, 3.8) is 0 Å². The summed E-state index contributed by atoms with van der Waals surface area (Å²) >= 11 is 1.74. The molecule has 1 aromatic carbocycles. The normalized spacial score (nSPS) is 21.2. The molecule has 28 heavy (non-hydrogen) atoms. The quantitative estimate of drug-likeness (QED) is 0.779. The molecule has 150 valence electrons. The second-order valence-corrected chi connectivity index (χ2v) is 9.75. The first-order valence-electron chi connectivity index (χ1n) is 9.76. The van der Waals surface area contributed by atoms with Gasteiger partial charge in [-0.3, -0.25) is 4.79 Å². The number of hydrogen-bond donors (Lipinski definition) is 2. The summed E-state index contributed by atoms with van der Waals surface area (Å²) in [7, 11) is 3.24. The molecule has 0 spiro atoms. The molecule has 0 fully saturated rings. The van der Waals surface area contributed by atoms with Crippen LogP contribution in [-0.2, 0) is 12.8 Å². The third-order valence-corrected chi connectivity index (χ3v) is 7.20. The highest BCUT2D eigenvalue weighted by atomic mass is 32.1. The summed E-state index contributed by atoms with van der Waals surface area (Å²) in [6.07, 6.45) is 2.83. The number of ether oxygens (including phenoxy) is 2. The molecular weight excluding hydrogens is 372 g/mol. The van der Waals surface area contributed by atoms with Crippen LogP contribution in [0.1, 0.15) is 59.7 Å². The average molecular weight is 401 g/mol. The van der Waals surface area contributed by atoms with E-state index in [0.29, 0.717) is 17.4 Å². The third kappa shape index (κ3) is 3.13. The Hall–Kier alpha value is -2.21. The van der Waals surface area contributed by atoms with Crippen molar-refractivity contribution in [3.05, 3.63) is 39.8 Å². The minimum Gasteiger partial charge on any atom is -0.493 e. The van der Waals surface area contributed by atoms with E-state index in [1.165, 1.54) is 10.4 Å². The van der Waals surface area contributed by atoms with E-state index < -0.39 is 0 Å². The molecule has 1 aromatic heterocycles. The summed E-state index contributed by atoms with van der Waals surface area (Å²) in [5.41, 5.74) is 3.22. The van der Waals surface area contributed by atoms with Gasteiger partial charge < -0.3 is 20.1 Å². The number of methoxy groups -OCH3 is 2. The van der Waals surface area contributed by atoms with Gasteiger partial charge in [0.25, 0.3) is 5.91 Å². The van der Waals surface area contributed by atoms with Gasteiger partial charge in [0, 0.05) is 10.4 Å². The van der Waals surface area contributed by atoms with Crippen LogP contribution in [0.15, 0.2) is 18.2 Å². The molecule has 1 aliphatic carbocycles. The van der Waals surface area contributed by atoms with Crippen LogP contribution in [0.2, 0.25) is 0 Å². The van der Waals surface area contributed by atoms with Crippen molar-refractivity contribution in [2.45, 2.75) is 46.2 Å². The fourth-order valence-electron chi connectivity index (χ4n) is 4.33. The van der Waals surface area contributed by atoms with E-state index in [2.05, 4.69) is 31.4 Å². The molecule has 0 bridgehead atoms. The van der Waals surface area contributed by atoms with Crippen molar-refractivity contribution in [3.8, 4) is 11.5 Å². The number of rotatable bonds is 3. The highest BCUT2D eigenvalue weighted by Gasteiger charge is 2.37. The molecule has 2 heterocycles. The largest absolute Gasteiger partial charge is 0.493 e. The topological polar surface area (TPSA) is 59.6 Å². The maximum Gasteiger partial charge on any atom is 0.256 e. The molecule has 2 N–H and O–H groups in total. The zero-order valence-corrected chi connectivity index (χ0v) is 18.0. The SMILES string of the molecule is COc1cccc([C@H]2NC(=O)c3c(sc4c3CC[C@H](C(C)(C)C)C4)N2)c1OC. The molecule has 1 amide bonds. The number of fused-ring (bicyclic) bond motifs is 3. The van der Waals surface area contributed by atoms with Crippen LogP contribution in [0.3, 0.4) is 0 Å². The van der Waals surface area contributed by atoms with Gasteiger partial charge >= 0.3 is 0 Å². The van der Waals surface area contributed by atoms with Crippen molar-refractivity contribution < 1.29 is 14.3 Å². The maximum atomic E-state index is 13.0. The van der Waals surface area contributed by atoms with Gasteiger partial charge in [-0.25, -0.2) is 0 Å². The third-order valence-electron chi connectivity index (χ3n) is 6.01. The van der Waals surface area contributed by atoms with Crippen molar-refractivity contribution in [2.24, 2.45) is 11.3 Å². The lowest BCUT2D eigenvalue weighted by molar-refractivity contribution is 0.0934. The Balaban J connectivity index is 1.68. The van der Waals surface area contributed by atoms with Crippen molar-refractivity contribution >= 4 is 22.2 Å². The minimum atomic E-state index is -0.344. The standard InChI is InChI=1S/C22H28N2O3S/c1-22(2,3)12-9-10-13-16(11-12)28-21-17(13)20(25)23-19(24-21)14-7-6-8-15(26-4)18(14)27-5/h6-8,12,19,24H,9-11H2,1-5H3,(H,23,25)/t12-,19-/m0/s1. The highest BCUT2D eigenvalue weighted by Crippen LogP contribution is 2.47. The van der Waals surface area contributed by atoms with E-state index in [9.17, 15) is 4.79 Å². The molecule has 2 aromatic rings. The van der Waals surface area contributed by atoms with E-state index in [0.717, 1.165) is 35.4 Å². The Morgan fingerprint density at radius 3 is 2.61 bits per heavy atom. The minimum absolute atomic E-state index is 0.00432. The Bertz CT molecular complexity index is 913. The monoisotopic (exact) mass is 400 g/mol. The molecular formula is C22H28N2O3S. The second kappa shape index (κ2) is 6.99. The van der Waals surface area contributed by atoms with Gasteiger partial charge in [-0.1, -0.05) is 32.9 Å². The predicted octanol–water partition coefficient (Wildman–Crippen LogP) is 4.77. The van der Waals surface area contributed by atoms with E-state index in [1.807, 2.05) is 18.2 Å². The molecule has 0 saturated heterocycles. The number of nitrogens with one attached hydrogen (secondary N) is 2. The van der Waals surface area contributed by atoms with Crippen LogP contribution in [0.4, 0.5) is 5.00 Å². The van der Waals surface area contributed by atoms with E-state index >= 15 is 0 Å². The van der Waals surface area contributed by atoms with Crippen LogP contribution in [0, 0.1) is 11.3 Å². The van der Waals surface area contributed by atoms with Crippen molar-refractivity contribution in [1.82, 2.24) is 5.32 Å². The zero-order chi connectivity index (χ0) is 20.1. The number of amides is 1. The van der Waals surface area contributed by atoms with Gasteiger partial charge in [-0.05, 0) is 42.2 Å². The Labute approximate surface area is 170 Å². The Morgan fingerprint density at radius 2 is 1.93 bits per heavy atom. The van der Waals surface area contributed by atoms with Crippen LogP contribution in [-0.4, -0.2) is 20.1 Å². The Morgan fingerprint density at radius 1 is 1.14 bits per heavy atom. The number of para-hydroxylation sites is 1. The summed E-state index contributed by atoms with van der Waals surface area (Å²) in [4.78, 5) is 14.4. The summed E-state index contributed by atoms with van der Waals surface area (Å²) in [5.74, 6) is 1.94. The lowest BCUT2D eigenvalue weighted by atomic mass is 9.72. The zero-order valence-electron chi connectivity index (χ0n) is 17.1. The molecule has 2 atom stereocenters. The molecule has 4 rings (SSSR count). The predicted molar refractivity (Wildman–Crippen MR) is 113 cm³/mol. The van der Waals surface area contributed by atoms with Crippen LogP contribution < -0.4 is 20.1 Å². The fourth-order valence-corrected chi connectivity index (χ4v) is 5.69. The summed E-state index contributed by atoms with van der Waals surface area (Å²) in [6.45, 7) is 6.94. The average Bonchev–Trinajstić information content (AvgIpc) is 3.04. The van der Waals surface area contributed by atoms with Gasteiger partial charge in [0.1, 0.15) is 11.2 Å². The fraction of sp³-hybridized carbons (Fsp3) is 0.500. The summed E-state index contributed by atoms with van der Waals surface area (Å²) in [6, 6.07) is 5.72. The first kappa shape index (κ1) is 19.1. The summed E-state index contributed by atoms with van der Waals surface area (Å²) in [5, 5.41) is 7.62. The first-order valence-corrected chi connectivity index (χ1v) is 10.6. The van der Waals surface area contributed by atoms with Crippen molar-refractivity contribution in [1.29, 1.82) is 0 Å². The number of carbonyl (C=O) groups excluding carboxylic acids is 1. The smallest absolute Gasteiger partial charge is 0.256 e. The number of hydrogen-bond acceptors (Lipinski definition) is 5. The molecule has 0 saturated carbocycles. The number of carbonyl (C=O) groups is 1. The van der Waals surface area contributed by atoms with Crippen LogP contribution in [0.25, 0.3) is 0 Å². The molecule has 1 aliphatic heterocycles. The first-order chi connectivity index (χ1) is 13.3. The van der Waals surface area contributed by atoms with Crippen LogP contribution in [0.5, 0.6) is 11.5 Å². The molecule has 6 heteroatoms. The van der Waals surface area contributed by atoms with E-state index in [4.69, 9.17) is 9.47 Å². The lowest BCUT2D eigenvalue weighted by Gasteiger charge is -2.34. The number of thiophene rings is 1. The highest BCUT2D eigenvalue weighted by molar-refractivity contribution is 7.16.